The highest BCUT2D eigenvalue weighted by Crippen LogP contribution is 2.51. The van der Waals surface area contributed by atoms with E-state index in [0.717, 1.165) is 0 Å². The van der Waals surface area contributed by atoms with E-state index < -0.39 is 7.75 Å². The first kappa shape index (κ1) is 16.1. The highest BCUT2D eigenvalue weighted by Gasteiger charge is 2.32. The van der Waals surface area contributed by atoms with Crippen LogP contribution in [0, 0.1) is 22.7 Å². The molecular weight excluding hydrogens is 241 g/mol. The third-order valence-electron chi connectivity index (χ3n) is 1.89. The molecule has 0 aromatic carbocycles. The standard InChI is InChI=1S/C10H18N3O3P/c1-3-15-17(14,16-4-2)13(9-5-7-11)10-6-8-12/h3-6,9-10H2,1-2H3. The maximum Gasteiger partial charge on any atom is 0.408 e. The van der Waals surface area contributed by atoms with Gasteiger partial charge in [0.2, 0.25) is 0 Å². The number of hydrogen-bond donors (Lipinski definition) is 0. The first-order valence-electron chi connectivity index (χ1n) is 5.53. The summed E-state index contributed by atoms with van der Waals surface area (Å²) in [5, 5.41) is 17.1. The molecule has 0 N–H and O–H groups in total. The second-order valence-electron chi connectivity index (χ2n) is 3.07. The Hall–Kier alpha value is -0.910. The minimum Gasteiger partial charge on any atom is -0.297 e. The summed E-state index contributed by atoms with van der Waals surface area (Å²) in [6.07, 6.45) is 0.436. The molecule has 96 valence electrons. The molecule has 0 atom stereocenters. The number of nitrogens with zero attached hydrogens (tertiary/aromatic N) is 3. The van der Waals surface area contributed by atoms with Crippen molar-refractivity contribution in [1.29, 1.82) is 10.5 Å². The molecular formula is C10H18N3O3P. The molecule has 0 amide bonds. The zero-order valence-corrected chi connectivity index (χ0v) is 11.2. The van der Waals surface area contributed by atoms with Gasteiger partial charge >= 0.3 is 7.75 Å². The van der Waals surface area contributed by atoms with Crippen LogP contribution in [0.4, 0.5) is 0 Å². The van der Waals surface area contributed by atoms with Crippen molar-refractivity contribution in [3.63, 3.8) is 0 Å². The van der Waals surface area contributed by atoms with Crippen LogP contribution in [0.15, 0.2) is 0 Å². The monoisotopic (exact) mass is 259 g/mol. The molecule has 0 aromatic rings. The van der Waals surface area contributed by atoms with E-state index in [-0.39, 0.29) is 39.1 Å². The van der Waals surface area contributed by atoms with Gasteiger partial charge in [-0.2, -0.15) is 10.5 Å². The van der Waals surface area contributed by atoms with Crippen molar-refractivity contribution in [2.75, 3.05) is 26.3 Å². The summed E-state index contributed by atoms with van der Waals surface area (Å²) in [5.74, 6) is 0. The highest BCUT2D eigenvalue weighted by molar-refractivity contribution is 7.51. The molecule has 0 spiro atoms. The Morgan fingerprint density at radius 3 is 1.76 bits per heavy atom. The third-order valence-corrected chi connectivity index (χ3v) is 4.16. The summed E-state index contributed by atoms with van der Waals surface area (Å²) >= 11 is 0. The Bertz CT molecular complexity index is 307. The maximum absolute atomic E-state index is 12.4. The van der Waals surface area contributed by atoms with Crippen LogP contribution in [-0.4, -0.2) is 31.0 Å². The zero-order valence-electron chi connectivity index (χ0n) is 10.3. The lowest BCUT2D eigenvalue weighted by Gasteiger charge is -2.28. The van der Waals surface area contributed by atoms with Gasteiger partial charge in [-0.1, -0.05) is 0 Å². The third kappa shape index (κ3) is 5.81. The maximum atomic E-state index is 12.4. The first-order chi connectivity index (χ1) is 8.14. The predicted molar refractivity (Wildman–Crippen MR) is 62.9 cm³/mol. The van der Waals surface area contributed by atoms with Crippen molar-refractivity contribution in [3.8, 4) is 12.1 Å². The van der Waals surface area contributed by atoms with E-state index in [1.807, 2.05) is 12.1 Å². The number of nitriles is 2. The Labute approximate surface area is 102 Å². The second kappa shape index (κ2) is 9.15. The van der Waals surface area contributed by atoms with Crippen molar-refractivity contribution in [1.82, 2.24) is 4.67 Å². The van der Waals surface area contributed by atoms with Crippen molar-refractivity contribution in [2.45, 2.75) is 26.7 Å². The van der Waals surface area contributed by atoms with Crippen LogP contribution in [-0.2, 0) is 13.6 Å². The normalized spacial score (nSPS) is 11.1. The molecule has 0 aromatic heterocycles. The summed E-state index contributed by atoms with van der Waals surface area (Å²) in [6, 6.07) is 3.95. The molecule has 7 heteroatoms. The van der Waals surface area contributed by atoms with Gasteiger partial charge in [-0.25, -0.2) is 9.24 Å². The molecule has 0 rings (SSSR count). The molecule has 0 heterocycles. The minimum absolute atomic E-state index is 0.218. The zero-order chi connectivity index (χ0) is 13.1. The summed E-state index contributed by atoms with van der Waals surface area (Å²) < 4.78 is 24.2. The van der Waals surface area contributed by atoms with Crippen LogP contribution in [0.2, 0.25) is 0 Å². The molecule has 6 nitrogen and oxygen atoms in total. The molecule has 0 saturated carbocycles. The fourth-order valence-corrected chi connectivity index (χ4v) is 2.99. The van der Waals surface area contributed by atoms with Gasteiger partial charge in [0, 0.05) is 25.9 Å². The summed E-state index contributed by atoms with van der Waals surface area (Å²) in [6.45, 7) is 4.50. The lowest BCUT2D eigenvalue weighted by atomic mass is 10.4. The molecule has 0 radical (unpaired) electrons. The van der Waals surface area contributed by atoms with Crippen LogP contribution in [0.1, 0.15) is 26.7 Å². The van der Waals surface area contributed by atoms with Gasteiger partial charge in [0.15, 0.2) is 0 Å². The van der Waals surface area contributed by atoms with Crippen LogP contribution in [0.5, 0.6) is 0 Å². The highest BCUT2D eigenvalue weighted by atomic mass is 31.2. The molecule has 0 aliphatic heterocycles. The van der Waals surface area contributed by atoms with Gasteiger partial charge in [0.05, 0.1) is 25.4 Å². The fraction of sp³-hybridized carbons (Fsp3) is 0.800. The van der Waals surface area contributed by atoms with E-state index in [4.69, 9.17) is 19.6 Å². The van der Waals surface area contributed by atoms with E-state index >= 15 is 0 Å². The van der Waals surface area contributed by atoms with Crippen molar-refractivity contribution in [2.24, 2.45) is 0 Å². The Morgan fingerprint density at radius 1 is 1.06 bits per heavy atom. The Morgan fingerprint density at radius 2 is 1.47 bits per heavy atom. The minimum atomic E-state index is -3.36. The molecule has 0 fully saturated rings. The lowest BCUT2D eigenvalue weighted by molar-refractivity contribution is 0.169. The smallest absolute Gasteiger partial charge is 0.297 e. The van der Waals surface area contributed by atoms with Gasteiger partial charge in [-0.05, 0) is 13.8 Å². The molecule has 17 heavy (non-hydrogen) atoms. The quantitative estimate of drug-likeness (QED) is 0.590. The van der Waals surface area contributed by atoms with Gasteiger partial charge in [0.1, 0.15) is 0 Å². The fourth-order valence-electron chi connectivity index (χ4n) is 1.24. The van der Waals surface area contributed by atoms with Gasteiger partial charge in [0.25, 0.3) is 0 Å². The summed E-state index contributed by atoms with van der Waals surface area (Å²) in [5.41, 5.74) is 0. The summed E-state index contributed by atoms with van der Waals surface area (Å²) in [4.78, 5) is 0. The number of rotatable bonds is 9. The average molecular weight is 259 g/mol. The van der Waals surface area contributed by atoms with E-state index in [2.05, 4.69) is 0 Å². The van der Waals surface area contributed by atoms with Gasteiger partial charge in [-0.15, -0.1) is 0 Å². The van der Waals surface area contributed by atoms with Gasteiger partial charge < -0.3 is 0 Å². The average Bonchev–Trinajstić information content (AvgIpc) is 2.29. The largest absolute Gasteiger partial charge is 0.408 e. The first-order valence-corrected chi connectivity index (χ1v) is 7.02. The molecule has 0 aliphatic rings. The second-order valence-corrected chi connectivity index (χ2v) is 5.09. The van der Waals surface area contributed by atoms with Crippen molar-refractivity contribution in [3.05, 3.63) is 0 Å². The number of hydrogen-bond acceptors (Lipinski definition) is 5. The van der Waals surface area contributed by atoms with Crippen molar-refractivity contribution < 1.29 is 13.6 Å². The molecule has 0 bridgehead atoms. The molecule has 0 unspecified atom stereocenters. The van der Waals surface area contributed by atoms with Crippen LogP contribution in [0.3, 0.4) is 0 Å². The lowest BCUT2D eigenvalue weighted by Crippen LogP contribution is -2.25. The van der Waals surface area contributed by atoms with Gasteiger partial charge in [-0.3, -0.25) is 9.05 Å². The van der Waals surface area contributed by atoms with E-state index in [1.54, 1.807) is 13.8 Å². The molecule has 0 aliphatic carbocycles. The summed E-state index contributed by atoms with van der Waals surface area (Å²) in [7, 11) is -3.36. The van der Waals surface area contributed by atoms with E-state index in [1.165, 1.54) is 4.67 Å². The van der Waals surface area contributed by atoms with Crippen molar-refractivity contribution >= 4 is 7.75 Å². The van der Waals surface area contributed by atoms with Crippen LogP contribution >= 0.6 is 7.75 Å². The molecule has 0 saturated heterocycles. The van der Waals surface area contributed by atoms with Crippen LogP contribution < -0.4 is 0 Å². The van der Waals surface area contributed by atoms with E-state index in [0.29, 0.717) is 0 Å². The van der Waals surface area contributed by atoms with Crippen LogP contribution in [0.25, 0.3) is 0 Å². The predicted octanol–water partition coefficient (Wildman–Crippen LogP) is 2.30. The topological polar surface area (TPSA) is 86.3 Å². The SMILES string of the molecule is CCOP(=O)(OCC)N(CCC#N)CCC#N. The Balaban J connectivity index is 4.74. The Kier molecular flexibility index (Phi) is 8.66. The van der Waals surface area contributed by atoms with E-state index in [9.17, 15) is 4.57 Å².